The highest BCUT2D eigenvalue weighted by Gasteiger charge is 2.15. The van der Waals surface area contributed by atoms with Crippen LogP contribution in [0.2, 0.25) is 0 Å². The van der Waals surface area contributed by atoms with Crippen LogP contribution in [-0.4, -0.2) is 28.2 Å². The summed E-state index contributed by atoms with van der Waals surface area (Å²) >= 11 is 0. The van der Waals surface area contributed by atoms with Crippen LogP contribution in [-0.2, 0) is 10.0 Å². The minimum atomic E-state index is -3.70. The first kappa shape index (κ1) is 18.3. The number of aromatic nitrogens is 4. The van der Waals surface area contributed by atoms with Crippen molar-refractivity contribution in [1.82, 2.24) is 19.8 Å². The van der Waals surface area contributed by atoms with Gasteiger partial charge in [0, 0.05) is 11.3 Å². The van der Waals surface area contributed by atoms with Crippen LogP contribution in [0.4, 0.5) is 5.69 Å². The monoisotopic (exact) mass is 415 g/mol. The van der Waals surface area contributed by atoms with Crippen molar-refractivity contribution in [2.24, 2.45) is 0 Å². The predicted octanol–water partition coefficient (Wildman–Crippen LogP) is 4.05. The molecule has 8 heteroatoms. The van der Waals surface area contributed by atoms with Gasteiger partial charge in [0.15, 0.2) is 11.5 Å². The molecule has 0 saturated heterocycles. The molecule has 0 atom stereocenters. The van der Waals surface area contributed by atoms with E-state index in [0.29, 0.717) is 17.2 Å². The van der Waals surface area contributed by atoms with Gasteiger partial charge in [-0.3, -0.25) is 4.72 Å². The summed E-state index contributed by atoms with van der Waals surface area (Å²) in [5.41, 5.74) is 2.76. The van der Waals surface area contributed by atoms with Crippen molar-refractivity contribution in [3.8, 4) is 11.3 Å². The Bertz CT molecular complexity index is 1490. The fraction of sp³-hybridized carbons (Fsp3) is 0.0455. The molecule has 0 radical (unpaired) electrons. The van der Waals surface area contributed by atoms with Crippen molar-refractivity contribution < 1.29 is 8.42 Å². The van der Waals surface area contributed by atoms with E-state index in [1.807, 2.05) is 61.5 Å². The molecule has 0 aliphatic heterocycles. The smallest absolute Gasteiger partial charge is 0.261 e. The fourth-order valence-corrected chi connectivity index (χ4v) is 4.40. The Hall–Kier alpha value is -3.78. The summed E-state index contributed by atoms with van der Waals surface area (Å²) in [4.78, 5) is 0.223. The van der Waals surface area contributed by atoms with Crippen LogP contribution in [0.25, 0.3) is 27.7 Å². The van der Waals surface area contributed by atoms with Crippen LogP contribution < -0.4 is 4.72 Å². The Labute approximate surface area is 173 Å². The number of benzene rings is 3. The van der Waals surface area contributed by atoms with E-state index in [9.17, 15) is 8.42 Å². The Morgan fingerprint density at radius 1 is 0.833 bits per heavy atom. The summed E-state index contributed by atoms with van der Waals surface area (Å²) in [7, 11) is -3.70. The SMILES string of the molecule is Cc1nnc2ccc(-c3ccc(NS(=O)(=O)c4ccc5ccccc5c4)cc3)nn12. The van der Waals surface area contributed by atoms with Crippen molar-refractivity contribution in [1.29, 1.82) is 0 Å². The zero-order chi connectivity index (χ0) is 20.7. The molecule has 5 aromatic rings. The molecule has 148 valence electrons. The minimum absolute atomic E-state index is 0.223. The van der Waals surface area contributed by atoms with E-state index in [1.165, 1.54) is 0 Å². The summed E-state index contributed by atoms with van der Waals surface area (Å²) in [5, 5.41) is 14.4. The molecule has 30 heavy (non-hydrogen) atoms. The Morgan fingerprint density at radius 2 is 1.60 bits per heavy atom. The third-order valence-corrected chi connectivity index (χ3v) is 6.26. The van der Waals surface area contributed by atoms with E-state index in [4.69, 9.17) is 0 Å². The molecule has 0 amide bonds. The second-order valence-corrected chi connectivity index (χ2v) is 8.61. The second-order valence-electron chi connectivity index (χ2n) is 6.93. The van der Waals surface area contributed by atoms with Gasteiger partial charge in [0.2, 0.25) is 0 Å². The van der Waals surface area contributed by atoms with Gasteiger partial charge in [0.1, 0.15) is 0 Å². The highest BCUT2D eigenvalue weighted by Crippen LogP contribution is 2.24. The average molecular weight is 415 g/mol. The largest absolute Gasteiger partial charge is 0.280 e. The lowest BCUT2D eigenvalue weighted by Gasteiger charge is -2.10. The number of sulfonamides is 1. The van der Waals surface area contributed by atoms with Gasteiger partial charge in [-0.15, -0.1) is 10.2 Å². The molecular weight excluding hydrogens is 398 g/mol. The number of fused-ring (bicyclic) bond motifs is 2. The number of anilines is 1. The molecule has 0 unspecified atom stereocenters. The summed E-state index contributed by atoms with van der Waals surface area (Å²) in [6.45, 7) is 1.83. The van der Waals surface area contributed by atoms with E-state index in [2.05, 4.69) is 20.0 Å². The third kappa shape index (κ3) is 3.27. The summed E-state index contributed by atoms with van der Waals surface area (Å²) in [6.07, 6.45) is 0. The highest BCUT2D eigenvalue weighted by molar-refractivity contribution is 7.92. The number of nitrogens with one attached hydrogen (secondary N) is 1. The number of hydrogen-bond donors (Lipinski definition) is 1. The number of hydrogen-bond acceptors (Lipinski definition) is 5. The van der Waals surface area contributed by atoms with Crippen LogP contribution in [0.15, 0.2) is 83.8 Å². The minimum Gasteiger partial charge on any atom is -0.280 e. The Morgan fingerprint density at radius 3 is 2.40 bits per heavy atom. The normalized spacial score (nSPS) is 11.8. The number of aryl methyl sites for hydroxylation is 1. The molecule has 5 rings (SSSR count). The fourth-order valence-electron chi connectivity index (χ4n) is 3.31. The lowest BCUT2D eigenvalue weighted by Crippen LogP contribution is -2.12. The molecule has 2 aromatic heterocycles. The van der Waals surface area contributed by atoms with Gasteiger partial charge in [-0.05, 0) is 54.1 Å². The molecule has 2 heterocycles. The molecule has 0 aliphatic carbocycles. The van der Waals surface area contributed by atoms with Crippen molar-refractivity contribution in [2.45, 2.75) is 11.8 Å². The number of nitrogens with zero attached hydrogens (tertiary/aromatic N) is 4. The lowest BCUT2D eigenvalue weighted by atomic mass is 10.1. The maximum Gasteiger partial charge on any atom is 0.261 e. The molecule has 0 aliphatic rings. The molecule has 0 saturated carbocycles. The van der Waals surface area contributed by atoms with Gasteiger partial charge >= 0.3 is 0 Å². The van der Waals surface area contributed by atoms with Crippen LogP contribution in [0.1, 0.15) is 5.82 Å². The molecule has 7 nitrogen and oxygen atoms in total. The molecule has 3 aromatic carbocycles. The summed E-state index contributed by atoms with van der Waals surface area (Å²) < 4.78 is 29.9. The zero-order valence-electron chi connectivity index (χ0n) is 16.0. The maximum atomic E-state index is 12.8. The van der Waals surface area contributed by atoms with Crippen LogP contribution in [0.5, 0.6) is 0 Å². The zero-order valence-corrected chi connectivity index (χ0v) is 16.8. The Balaban J connectivity index is 1.42. The van der Waals surface area contributed by atoms with E-state index >= 15 is 0 Å². The van der Waals surface area contributed by atoms with Crippen molar-refractivity contribution in [3.63, 3.8) is 0 Å². The van der Waals surface area contributed by atoms with Crippen molar-refractivity contribution in [3.05, 3.63) is 84.7 Å². The Kier molecular flexibility index (Phi) is 4.22. The number of rotatable bonds is 4. The first-order chi connectivity index (χ1) is 14.5. The first-order valence-corrected chi connectivity index (χ1v) is 10.8. The van der Waals surface area contributed by atoms with Gasteiger partial charge in [-0.2, -0.15) is 9.61 Å². The van der Waals surface area contributed by atoms with Crippen molar-refractivity contribution >= 4 is 32.1 Å². The quantitative estimate of drug-likeness (QED) is 0.478. The highest BCUT2D eigenvalue weighted by atomic mass is 32.2. The van der Waals surface area contributed by atoms with Gasteiger partial charge in [0.05, 0.1) is 10.6 Å². The summed E-state index contributed by atoms with van der Waals surface area (Å²) in [6, 6.07) is 23.5. The van der Waals surface area contributed by atoms with E-state index in [0.717, 1.165) is 22.0 Å². The van der Waals surface area contributed by atoms with E-state index in [-0.39, 0.29) is 4.90 Å². The first-order valence-electron chi connectivity index (χ1n) is 9.31. The van der Waals surface area contributed by atoms with Crippen LogP contribution in [0.3, 0.4) is 0 Å². The van der Waals surface area contributed by atoms with Gasteiger partial charge in [0.25, 0.3) is 10.0 Å². The predicted molar refractivity (Wildman–Crippen MR) is 116 cm³/mol. The molecule has 0 bridgehead atoms. The topological polar surface area (TPSA) is 89.2 Å². The lowest BCUT2D eigenvalue weighted by molar-refractivity contribution is 0.601. The average Bonchev–Trinajstić information content (AvgIpc) is 3.14. The van der Waals surface area contributed by atoms with Gasteiger partial charge < -0.3 is 0 Å². The van der Waals surface area contributed by atoms with E-state index in [1.54, 1.807) is 28.8 Å². The maximum absolute atomic E-state index is 12.8. The van der Waals surface area contributed by atoms with E-state index < -0.39 is 10.0 Å². The van der Waals surface area contributed by atoms with Crippen LogP contribution in [0, 0.1) is 6.92 Å². The molecular formula is C22H17N5O2S. The molecule has 0 spiro atoms. The standard InChI is InChI=1S/C22H17N5O2S/c1-15-23-24-22-13-12-21(25-27(15)22)17-6-9-19(10-7-17)26-30(28,29)20-11-8-16-4-2-3-5-18(16)14-20/h2-14,26H,1H3. The molecule has 1 N–H and O–H groups in total. The van der Waals surface area contributed by atoms with Gasteiger partial charge in [-0.1, -0.05) is 42.5 Å². The van der Waals surface area contributed by atoms with Crippen LogP contribution >= 0.6 is 0 Å². The molecule has 0 fully saturated rings. The van der Waals surface area contributed by atoms with Crippen molar-refractivity contribution in [2.75, 3.05) is 4.72 Å². The second kappa shape index (κ2) is 6.93. The summed E-state index contributed by atoms with van der Waals surface area (Å²) in [5.74, 6) is 0.701. The van der Waals surface area contributed by atoms with Gasteiger partial charge in [-0.25, -0.2) is 8.42 Å². The third-order valence-electron chi connectivity index (χ3n) is 4.88.